The largest absolute Gasteiger partial charge is 0.393 e. The molecule has 1 saturated heterocycles. The minimum absolute atomic E-state index is 0.0453. The smallest absolute Gasteiger partial charge is 0.315 e. The van der Waals surface area contributed by atoms with E-state index < -0.39 is 9.84 Å². The zero-order chi connectivity index (χ0) is 13.9. The van der Waals surface area contributed by atoms with Crippen LogP contribution in [-0.2, 0) is 9.84 Å². The van der Waals surface area contributed by atoms with Crippen molar-refractivity contribution < 1.29 is 18.3 Å². The molecule has 7 heteroatoms. The number of urea groups is 1. The first-order valence-corrected chi connectivity index (χ1v) is 8.69. The summed E-state index contributed by atoms with van der Waals surface area (Å²) >= 11 is 0. The molecule has 6 nitrogen and oxygen atoms in total. The molecule has 0 bridgehead atoms. The first-order chi connectivity index (χ1) is 8.94. The standard InChI is InChI=1S/C12H22N2O4S/c15-11-3-1-10(2-4-11)14-12(16)13-7-9-5-6-19(17,18)8-9/h9-11,15H,1-8H2,(H2,13,14,16)/t9-,10?,11?/m1/s1. The lowest BCUT2D eigenvalue weighted by Crippen LogP contribution is -2.45. The lowest BCUT2D eigenvalue weighted by Gasteiger charge is -2.26. The first kappa shape index (κ1) is 14.6. The third-order valence-corrected chi connectivity index (χ3v) is 5.75. The number of hydrogen-bond acceptors (Lipinski definition) is 4. The highest BCUT2D eigenvalue weighted by Gasteiger charge is 2.28. The van der Waals surface area contributed by atoms with Gasteiger partial charge in [0.2, 0.25) is 0 Å². The SMILES string of the molecule is O=C(NC[C@H]1CCS(=O)(=O)C1)NC1CCC(O)CC1. The van der Waals surface area contributed by atoms with Crippen LogP contribution in [0.25, 0.3) is 0 Å². The van der Waals surface area contributed by atoms with Gasteiger partial charge < -0.3 is 15.7 Å². The van der Waals surface area contributed by atoms with Crippen molar-refractivity contribution in [1.29, 1.82) is 0 Å². The highest BCUT2D eigenvalue weighted by Crippen LogP contribution is 2.19. The van der Waals surface area contributed by atoms with Gasteiger partial charge in [-0.05, 0) is 38.0 Å². The van der Waals surface area contributed by atoms with Gasteiger partial charge in [0.1, 0.15) is 0 Å². The number of hydrogen-bond donors (Lipinski definition) is 3. The number of carbonyl (C=O) groups is 1. The molecule has 2 rings (SSSR count). The molecular weight excluding hydrogens is 268 g/mol. The molecule has 0 aromatic heterocycles. The average molecular weight is 290 g/mol. The van der Waals surface area contributed by atoms with Gasteiger partial charge in [0.05, 0.1) is 17.6 Å². The number of aliphatic hydroxyl groups is 1. The van der Waals surface area contributed by atoms with Crippen LogP contribution >= 0.6 is 0 Å². The molecule has 3 N–H and O–H groups in total. The van der Waals surface area contributed by atoms with E-state index in [1.54, 1.807) is 0 Å². The molecule has 0 aromatic carbocycles. The second-order valence-electron chi connectivity index (χ2n) is 5.63. The summed E-state index contributed by atoms with van der Waals surface area (Å²) in [7, 11) is -2.88. The maximum Gasteiger partial charge on any atom is 0.315 e. The van der Waals surface area contributed by atoms with E-state index in [1.807, 2.05) is 0 Å². The summed E-state index contributed by atoms with van der Waals surface area (Å²) in [5, 5.41) is 15.0. The molecule has 2 amide bonds. The average Bonchev–Trinajstić information content (AvgIpc) is 2.69. The molecule has 110 valence electrons. The monoisotopic (exact) mass is 290 g/mol. The fourth-order valence-corrected chi connectivity index (χ4v) is 4.59. The molecule has 1 saturated carbocycles. The Kier molecular flexibility index (Phi) is 4.67. The van der Waals surface area contributed by atoms with Gasteiger partial charge in [-0.2, -0.15) is 0 Å². The maximum atomic E-state index is 11.7. The zero-order valence-corrected chi connectivity index (χ0v) is 11.8. The Balaban J connectivity index is 1.65. The fourth-order valence-electron chi connectivity index (χ4n) is 2.73. The van der Waals surface area contributed by atoms with E-state index in [0.29, 0.717) is 13.0 Å². The Morgan fingerprint density at radius 3 is 2.42 bits per heavy atom. The van der Waals surface area contributed by atoms with Gasteiger partial charge in [-0.25, -0.2) is 13.2 Å². The van der Waals surface area contributed by atoms with Crippen molar-refractivity contribution in [3.8, 4) is 0 Å². The van der Waals surface area contributed by atoms with Crippen molar-refractivity contribution >= 4 is 15.9 Å². The van der Waals surface area contributed by atoms with Gasteiger partial charge in [0, 0.05) is 12.6 Å². The zero-order valence-electron chi connectivity index (χ0n) is 11.0. The van der Waals surface area contributed by atoms with Crippen LogP contribution in [0.2, 0.25) is 0 Å². The molecule has 0 spiro atoms. The number of nitrogens with one attached hydrogen (secondary N) is 2. The minimum atomic E-state index is -2.88. The first-order valence-electron chi connectivity index (χ1n) is 6.87. The highest BCUT2D eigenvalue weighted by atomic mass is 32.2. The summed E-state index contributed by atoms with van der Waals surface area (Å²) in [5.74, 6) is 0.466. The molecule has 1 aliphatic heterocycles. The summed E-state index contributed by atoms with van der Waals surface area (Å²) in [6, 6.07) is -0.110. The molecule has 0 aromatic rings. The van der Waals surface area contributed by atoms with Gasteiger partial charge in [-0.15, -0.1) is 0 Å². The van der Waals surface area contributed by atoms with Crippen LogP contribution < -0.4 is 10.6 Å². The summed E-state index contributed by atoms with van der Waals surface area (Å²) < 4.78 is 22.6. The van der Waals surface area contributed by atoms with Crippen molar-refractivity contribution in [2.24, 2.45) is 5.92 Å². The topological polar surface area (TPSA) is 95.5 Å². The third-order valence-electron chi connectivity index (χ3n) is 3.91. The lowest BCUT2D eigenvalue weighted by molar-refractivity contribution is 0.117. The van der Waals surface area contributed by atoms with E-state index in [2.05, 4.69) is 10.6 Å². The van der Waals surface area contributed by atoms with Crippen molar-refractivity contribution in [2.75, 3.05) is 18.1 Å². The molecule has 19 heavy (non-hydrogen) atoms. The van der Waals surface area contributed by atoms with E-state index in [9.17, 15) is 18.3 Å². The number of rotatable bonds is 3. The molecular formula is C12H22N2O4S. The van der Waals surface area contributed by atoms with E-state index in [-0.39, 0.29) is 35.6 Å². The van der Waals surface area contributed by atoms with Crippen molar-refractivity contribution in [3.05, 3.63) is 0 Å². The van der Waals surface area contributed by atoms with Crippen LogP contribution in [-0.4, -0.2) is 49.8 Å². The van der Waals surface area contributed by atoms with Crippen LogP contribution in [0.15, 0.2) is 0 Å². The van der Waals surface area contributed by atoms with Crippen LogP contribution in [0.1, 0.15) is 32.1 Å². The number of aliphatic hydroxyl groups excluding tert-OH is 1. The molecule has 2 fully saturated rings. The summed E-state index contributed by atoms with van der Waals surface area (Å²) in [6.07, 6.45) is 3.46. The van der Waals surface area contributed by atoms with Gasteiger partial charge in [-0.1, -0.05) is 0 Å². The Morgan fingerprint density at radius 1 is 1.16 bits per heavy atom. The molecule has 0 unspecified atom stereocenters. The number of carbonyl (C=O) groups excluding carboxylic acids is 1. The maximum absolute atomic E-state index is 11.7. The summed E-state index contributed by atoms with van der Waals surface area (Å²) in [4.78, 5) is 11.7. The van der Waals surface area contributed by atoms with Gasteiger partial charge in [0.25, 0.3) is 0 Å². The van der Waals surface area contributed by atoms with Crippen molar-refractivity contribution in [1.82, 2.24) is 10.6 Å². The van der Waals surface area contributed by atoms with Crippen molar-refractivity contribution in [3.63, 3.8) is 0 Å². The summed E-state index contributed by atoms with van der Waals surface area (Å²) in [6.45, 7) is 0.417. The second kappa shape index (κ2) is 6.09. The van der Waals surface area contributed by atoms with Crippen LogP contribution in [0.5, 0.6) is 0 Å². The number of sulfone groups is 1. The van der Waals surface area contributed by atoms with E-state index >= 15 is 0 Å². The summed E-state index contributed by atoms with van der Waals surface area (Å²) in [5.41, 5.74) is 0. The lowest BCUT2D eigenvalue weighted by atomic mass is 9.93. The Morgan fingerprint density at radius 2 is 1.84 bits per heavy atom. The van der Waals surface area contributed by atoms with Crippen LogP contribution in [0.4, 0.5) is 4.79 Å². The third kappa shape index (κ3) is 4.65. The highest BCUT2D eigenvalue weighted by molar-refractivity contribution is 7.91. The van der Waals surface area contributed by atoms with E-state index in [4.69, 9.17) is 0 Å². The minimum Gasteiger partial charge on any atom is -0.393 e. The van der Waals surface area contributed by atoms with Crippen molar-refractivity contribution in [2.45, 2.75) is 44.2 Å². The quantitative estimate of drug-likeness (QED) is 0.683. The predicted octanol–water partition coefficient (Wildman–Crippen LogP) is 0.0238. The van der Waals surface area contributed by atoms with E-state index in [0.717, 1.165) is 25.7 Å². The normalized spacial score (nSPS) is 33.8. The Labute approximate surface area is 113 Å². The fraction of sp³-hybridized carbons (Fsp3) is 0.917. The number of amides is 2. The van der Waals surface area contributed by atoms with Gasteiger partial charge >= 0.3 is 6.03 Å². The predicted molar refractivity (Wildman–Crippen MR) is 71.6 cm³/mol. The molecule has 1 aliphatic carbocycles. The van der Waals surface area contributed by atoms with Gasteiger partial charge in [-0.3, -0.25) is 0 Å². The van der Waals surface area contributed by atoms with Crippen LogP contribution in [0, 0.1) is 5.92 Å². The molecule has 1 heterocycles. The Hall–Kier alpha value is -0.820. The molecule has 1 atom stereocenters. The Bertz CT molecular complexity index is 415. The molecule has 0 radical (unpaired) electrons. The second-order valence-corrected chi connectivity index (χ2v) is 7.86. The molecule has 2 aliphatic rings. The van der Waals surface area contributed by atoms with Crippen LogP contribution in [0.3, 0.4) is 0 Å². The van der Waals surface area contributed by atoms with Gasteiger partial charge in [0.15, 0.2) is 9.84 Å². The van der Waals surface area contributed by atoms with E-state index in [1.165, 1.54) is 0 Å².